The molecule has 2 aromatic rings. The van der Waals surface area contributed by atoms with Gasteiger partial charge in [-0.15, -0.1) is 0 Å². The second-order valence-electron chi connectivity index (χ2n) is 2.82. The van der Waals surface area contributed by atoms with Gasteiger partial charge in [0.25, 0.3) is 0 Å². The molecule has 2 heterocycles. The average molecular weight is 178 g/mol. The largest absolute Gasteiger partial charge is 0.382 e. The molecule has 6 heteroatoms. The Kier molecular flexibility index (Phi) is 1.63. The lowest BCUT2D eigenvalue weighted by molar-refractivity contribution is 0.583. The number of anilines is 1. The maximum absolute atomic E-state index is 5.70. The molecule has 0 unspecified atom stereocenters. The van der Waals surface area contributed by atoms with E-state index in [4.69, 9.17) is 11.5 Å². The summed E-state index contributed by atoms with van der Waals surface area (Å²) in [6, 6.07) is 0. The van der Waals surface area contributed by atoms with Gasteiger partial charge in [-0.3, -0.25) is 4.57 Å². The predicted molar refractivity (Wildman–Crippen MR) is 48.6 cm³/mol. The van der Waals surface area contributed by atoms with Gasteiger partial charge < -0.3 is 11.5 Å². The highest BCUT2D eigenvalue weighted by atomic mass is 15.2. The summed E-state index contributed by atoms with van der Waals surface area (Å²) >= 11 is 0. The van der Waals surface area contributed by atoms with E-state index in [1.807, 2.05) is 6.92 Å². The minimum atomic E-state index is -0.167. The lowest BCUT2D eigenvalue weighted by Crippen LogP contribution is -2.13. The average Bonchev–Trinajstić information content (AvgIpc) is 2.48. The van der Waals surface area contributed by atoms with Crippen molar-refractivity contribution in [1.82, 2.24) is 19.5 Å². The molecule has 0 aromatic carbocycles. The summed E-state index contributed by atoms with van der Waals surface area (Å²) in [5, 5.41) is 0. The number of imidazole rings is 1. The third-order valence-electron chi connectivity index (χ3n) is 1.83. The fourth-order valence-electron chi connectivity index (χ4n) is 1.17. The van der Waals surface area contributed by atoms with Crippen LogP contribution in [0.4, 0.5) is 5.82 Å². The second-order valence-corrected chi connectivity index (χ2v) is 2.82. The van der Waals surface area contributed by atoms with Crippen LogP contribution in [0.1, 0.15) is 13.1 Å². The van der Waals surface area contributed by atoms with Gasteiger partial charge in [0.05, 0.1) is 12.5 Å². The number of nitrogens with two attached hydrogens (primary N) is 2. The molecule has 0 aliphatic rings. The maximum Gasteiger partial charge on any atom is 0.166 e. The standard InChI is InChI=1S/C7H10N6/c1-4(8)13-3-12-5-6(9)10-2-11-7(5)13/h2-4H,8H2,1H3,(H2,9,10,11)/t4-/m1/s1. The summed E-state index contributed by atoms with van der Waals surface area (Å²) in [7, 11) is 0. The van der Waals surface area contributed by atoms with Gasteiger partial charge in [-0.05, 0) is 6.92 Å². The van der Waals surface area contributed by atoms with Gasteiger partial charge >= 0.3 is 0 Å². The smallest absolute Gasteiger partial charge is 0.166 e. The van der Waals surface area contributed by atoms with E-state index >= 15 is 0 Å². The lowest BCUT2D eigenvalue weighted by atomic mass is 10.5. The Morgan fingerprint density at radius 3 is 2.85 bits per heavy atom. The Morgan fingerprint density at radius 2 is 2.15 bits per heavy atom. The molecule has 0 fully saturated rings. The van der Waals surface area contributed by atoms with Crippen LogP contribution in [0.5, 0.6) is 0 Å². The highest BCUT2D eigenvalue weighted by Crippen LogP contribution is 2.15. The number of hydrogen-bond donors (Lipinski definition) is 2. The van der Waals surface area contributed by atoms with Gasteiger partial charge in [0.1, 0.15) is 11.8 Å². The maximum atomic E-state index is 5.70. The number of aromatic nitrogens is 4. The van der Waals surface area contributed by atoms with E-state index in [0.717, 1.165) is 0 Å². The first-order valence-electron chi connectivity index (χ1n) is 3.88. The molecule has 0 saturated carbocycles. The zero-order valence-corrected chi connectivity index (χ0v) is 7.18. The summed E-state index contributed by atoms with van der Waals surface area (Å²) in [6.07, 6.45) is 2.85. The van der Waals surface area contributed by atoms with Crippen molar-refractivity contribution in [1.29, 1.82) is 0 Å². The number of rotatable bonds is 1. The molecule has 0 amide bonds. The quantitative estimate of drug-likeness (QED) is 0.635. The van der Waals surface area contributed by atoms with Crippen molar-refractivity contribution in [3.05, 3.63) is 12.7 Å². The van der Waals surface area contributed by atoms with E-state index in [0.29, 0.717) is 17.0 Å². The molecular formula is C7H10N6. The van der Waals surface area contributed by atoms with Gasteiger partial charge in [-0.1, -0.05) is 0 Å². The van der Waals surface area contributed by atoms with Crippen molar-refractivity contribution in [2.45, 2.75) is 13.1 Å². The Bertz CT molecular complexity index is 431. The number of fused-ring (bicyclic) bond motifs is 1. The van der Waals surface area contributed by atoms with Gasteiger partial charge in [0.2, 0.25) is 0 Å². The van der Waals surface area contributed by atoms with E-state index in [-0.39, 0.29) is 6.17 Å². The van der Waals surface area contributed by atoms with Crippen LogP contribution in [0.15, 0.2) is 12.7 Å². The molecule has 0 bridgehead atoms. The molecule has 4 N–H and O–H groups in total. The highest BCUT2D eigenvalue weighted by Gasteiger charge is 2.08. The van der Waals surface area contributed by atoms with Crippen LogP contribution in [0.2, 0.25) is 0 Å². The highest BCUT2D eigenvalue weighted by molar-refractivity contribution is 5.81. The van der Waals surface area contributed by atoms with Crippen molar-refractivity contribution in [2.75, 3.05) is 5.73 Å². The van der Waals surface area contributed by atoms with Crippen LogP contribution in [0, 0.1) is 0 Å². The first-order valence-corrected chi connectivity index (χ1v) is 3.88. The molecule has 2 rings (SSSR count). The summed E-state index contributed by atoms with van der Waals surface area (Å²) in [5.74, 6) is 0.379. The van der Waals surface area contributed by atoms with Gasteiger partial charge in [0.15, 0.2) is 11.5 Å². The van der Waals surface area contributed by atoms with E-state index in [9.17, 15) is 0 Å². The fraction of sp³-hybridized carbons (Fsp3) is 0.286. The van der Waals surface area contributed by atoms with Gasteiger partial charge in [0, 0.05) is 0 Å². The summed E-state index contributed by atoms with van der Waals surface area (Å²) in [6.45, 7) is 1.85. The number of nitrogen functional groups attached to an aromatic ring is 1. The van der Waals surface area contributed by atoms with Crippen molar-refractivity contribution in [2.24, 2.45) is 5.73 Å². The normalized spacial score (nSPS) is 13.4. The van der Waals surface area contributed by atoms with Crippen molar-refractivity contribution >= 4 is 17.0 Å². The molecule has 0 spiro atoms. The van der Waals surface area contributed by atoms with Crippen LogP contribution in [0.3, 0.4) is 0 Å². The van der Waals surface area contributed by atoms with Crippen molar-refractivity contribution in [3.8, 4) is 0 Å². The van der Waals surface area contributed by atoms with Crippen LogP contribution in [-0.2, 0) is 0 Å². The zero-order chi connectivity index (χ0) is 9.42. The minimum Gasteiger partial charge on any atom is -0.382 e. The topological polar surface area (TPSA) is 95.6 Å². The van der Waals surface area contributed by atoms with E-state index in [2.05, 4.69) is 15.0 Å². The van der Waals surface area contributed by atoms with Gasteiger partial charge in [-0.2, -0.15) is 0 Å². The second kappa shape index (κ2) is 2.67. The molecule has 0 radical (unpaired) electrons. The molecular weight excluding hydrogens is 168 g/mol. The van der Waals surface area contributed by atoms with Crippen LogP contribution in [0.25, 0.3) is 11.2 Å². The van der Waals surface area contributed by atoms with Crippen molar-refractivity contribution in [3.63, 3.8) is 0 Å². The molecule has 0 aliphatic heterocycles. The summed E-state index contributed by atoms with van der Waals surface area (Å²) in [5.41, 5.74) is 12.6. The summed E-state index contributed by atoms with van der Waals surface area (Å²) in [4.78, 5) is 12.0. The van der Waals surface area contributed by atoms with Crippen LogP contribution < -0.4 is 11.5 Å². The van der Waals surface area contributed by atoms with Crippen LogP contribution in [-0.4, -0.2) is 19.5 Å². The molecule has 13 heavy (non-hydrogen) atoms. The zero-order valence-electron chi connectivity index (χ0n) is 7.18. The SMILES string of the molecule is C[C@H](N)n1cnc2c(N)ncnc21. The number of nitrogens with zero attached hydrogens (tertiary/aromatic N) is 4. The molecule has 0 saturated heterocycles. The molecule has 68 valence electrons. The monoisotopic (exact) mass is 178 g/mol. The lowest BCUT2D eigenvalue weighted by Gasteiger charge is -2.06. The third kappa shape index (κ3) is 1.11. The van der Waals surface area contributed by atoms with Crippen molar-refractivity contribution < 1.29 is 0 Å². The molecule has 1 atom stereocenters. The Labute approximate surface area is 74.6 Å². The Morgan fingerprint density at radius 1 is 1.38 bits per heavy atom. The Balaban J connectivity index is 2.75. The Hall–Kier alpha value is -1.69. The molecule has 6 nitrogen and oxygen atoms in total. The van der Waals surface area contributed by atoms with Gasteiger partial charge in [-0.25, -0.2) is 15.0 Å². The molecule has 0 aliphatic carbocycles. The molecule has 2 aromatic heterocycles. The fourth-order valence-corrected chi connectivity index (χ4v) is 1.17. The number of hydrogen-bond acceptors (Lipinski definition) is 5. The van der Waals surface area contributed by atoms with Crippen LogP contribution >= 0.6 is 0 Å². The first-order chi connectivity index (χ1) is 6.20. The third-order valence-corrected chi connectivity index (χ3v) is 1.83. The van der Waals surface area contributed by atoms with E-state index in [1.165, 1.54) is 6.33 Å². The summed E-state index contributed by atoms with van der Waals surface area (Å²) < 4.78 is 1.74. The van der Waals surface area contributed by atoms with E-state index < -0.39 is 0 Å². The first kappa shape index (κ1) is 7.93. The minimum absolute atomic E-state index is 0.167. The van der Waals surface area contributed by atoms with E-state index in [1.54, 1.807) is 10.9 Å². The predicted octanol–water partition coefficient (Wildman–Crippen LogP) is -0.114.